The molecular weight excluding hydrogens is 384 g/mol. The second kappa shape index (κ2) is 9.72. The minimum absolute atomic E-state index is 0. The van der Waals surface area contributed by atoms with E-state index in [9.17, 15) is 4.79 Å². The fourth-order valence-electron chi connectivity index (χ4n) is 3.74. The molecule has 1 aromatic heterocycles. The van der Waals surface area contributed by atoms with E-state index in [4.69, 9.17) is 5.10 Å². The van der Waals surface area contributed by atoms with Crippen LogP contribution in [0.25, 0.3) is 16.9 Å². The minimum Gasteiger partial charge on any atom is -0.352 e. The highest BCUT2D eigenvalue weighted by molar-refractivity contribution is 6.00. The molecule has 3 aromatic rings. The van der Waals surface area contributed by atoms with Gasteiger partial charge in [0.1, 0.15) is 5.69 Å². The molecule has 2 heterocycles. The van der Waals surface area contributed by atoms with Crippen LogP contribution in [-0.4, -0.2) is 35.3 Å². The van der Waals surface area contributed by atoms with E-state index >= 15 is 0 Å². The van der Waals surface area contributed by atoms with Crippen molar-refractivity contribution in [3.63, 3.8) is 0 Å². The summed E-state index contributed by atoms with van der Waals surface area (Å²) in [5.41, 5.74) is 4.37. The third-order valence-corrected chi connectivity index (χ3v) is 5.38. The summed E-state index contributed by atoms with van der Waals surface area (Å²) in [5.74, 6) is 0.592. The van der Waals surface area contributed by atoms with E-state index in [2.05, 4.69) is 10.6 Å². The first-order chi connectivity index (χ1) is 13.7. The third-order valence-electron chi connectivity index (χ3n) is 5.38. The van der Waals surface area contributed by atoms with Gasteiger partial charge in [-0.05, 0) is 56.5 Å². The van der Waals surface area contributed by atoms with Crippen molar-refractivity contribution in [1.29, 1.82) is 0 Å². The summed E-state index contributed by atoms with van der Waals surface area (Å²) in [5, 5.41) is 11.2. The maximum absolute atomic E-state index is 13.0. The second-order valence-electron chi connectivity index (χ2n) is 7.39. The predicted molar refractivity (Wildman–Crippen MR) is 119 cm³/mol. The normalized spacial score (nSPS) is 15.7. The Balaban J connectivity index is 0.00000240. The molecule has 6 heteroatoms. The highest BCUT2D eigenvalue weighted by Crippen LogP contribution is 2.26. The lowest BCUT2D eigenvalue weighted by Crippen LogP contribution is -2.26. The molecule has 4 rings (SSSR count). The number of para-hydroxylation sites is 1. The minimum atomic E-state index is -0.0635. The summed E-state index contributed by atoms with van der Waals surface area (Å²) in [7, 11) is 0. The summed E-state index contributed by atoms with van der Waals surface area (Å²) in [6.07, 6.45) is 4.03. The Bertz CT molecular complexity index is 949. The van der Waals surface area contributed by atoms with Crippen molar-refractivity contribution in [2.45, 2.75) is 19.8 Å². The third kappa shape index (κ3) is 4.86. The van der Waals surface area contributed by atoms with E-state index in [1.165, 1.54) is 6.42 Å². The molecule has 1 saturated heterocycles. The van der Waals surface area contributed by atoms with Crippen LogP contribution in [0.5, 0.6) is 0 Å². The highest BCUT2D eigenvalue weighted by Gasteiger charge is 2.20. The molecule has 1 amide bonds. The van der Waals surface area contributed by atoms with Crippen LogP contribution in [-0.2, 0) is 0 Å². The fourth-order valence-corrected chi connectivity index (χ4v) is 3.74. The Hall–Kier alpha value is -2.63. The van der Waals surface area contributed by atoms with Gasteiger partial charge in [-0.1, -0.05) is 42.5 Å². The highest BCUT2D eigenvalue weighted by atomic mass is 35.5. The van der Waals surface area contributed by atoms with Gasteiger partial charge in [0.15, 0.2) is 0 Å². The molecule has 1 atom stereocenters. The first-order valence-electron chi connectivity index (χ1n) is 9.92. The lowest BCUT2D eigenvalue weighted by Gasteiger charge is -2.10. The van der Waals surface area contributed by atoms with Gasteiger partial charge in [-0.15, -0.1) is 12.4 Å². The second-order valence-corrected chi connectivity index (χ2v) is 7.39. The molecule has 152 valence electrons. The summed E-state index contributed by atoms with van der Waals surface area (Å²) in [4.78, 5) is 13.0. The van der Waals surface area contributed by atoms with Crippen molar-refractivity contribution >= 4 is 18.3 Å². The van der Waals surface area contributed by atoms with Gasteiger partial charge in [0.2, 0.25) is 0 Å². The molecular formula is C23H27ClN4O. The predicted octanol–water partition coefficient (Wildman–Crippen LogP) is 4.00. The molecule has 2 aromatic carbocycles. The average Bonchev–Trinajstić information content (AvgIpc) is 3.39. The Labute approximate surface area is 177 Å². The zero-order chi connectivity index (χ0) is 19.3. The van der Waals surface area contributed by atoms with Gasteiger partial charge in [0.05, 0.1) is 11.3 Å². The fraction of sp³-hybridized carbons (Fsp3) is 0.304. The first kappa shape index (κ1) is 21.1. The summed E-state index contributed by atoms with van der Waals surface area (Å²) >= 11 is 0. The quantitative estimate of drug-likeness (QED) is 0.645. The number of hydrogen-bond acceptors (Lipinski definition) is 3. The van der Waals surface area contributed by atoms with Crippen LogP contribution in [0.2, 0.25) is 0 Å². The maximum atomic E-state index is 13.0. The number of aryl methyl sites for hydroxylation is 1. The summed E-state index contributed by atoms with van der Waals surface area (Å²) in [6.45, 7) is 4.87. The van der Waals surface area contributed by atoms with Gasteiger partial charge in [0.25, 0.3) is 5.91 Å². The van der Waals surface area contributed by atoms with Gasteiger partial charge in [-0.3, -0.25) is 4.79 Å². The number of nitrogens with zero attached hydrogens (tertiary/aromatic N) is 2. The monoisotopic (exact) mass is 410 g/mol. The van der Waals surface area contributed by atoms with Crippen LogP contribution in [0.15, 0.2) is 60.8 Å². The zero-order valence-corrected chi connectivity index (χ0v) is 17.4. The summed E-state index contributed by atoms with van der Waals surface area (Å²) < 4.78 is 1.79. The van der Waals surface area contributed by atoms with Gasteiger partial charge in [-0.25, -0.2) is 4.68 Å². The molecule has 1 aliphatic rings. The number of carbonyl (C=O) groups excluding carboxylic acids is 1. The molecule has 1 fully saturated rings. The standard InChI is InChI=1S/C23H26N4O.ClH/c1-17-7-5-6-10-20(17)22-21(16-27(26-22)19-8-3-2-4-9-19)23(28)25-14-12-18-11-13-24-15-18;/h2-10,16,18,24H,11-15H2,1H3,(H,25,28);1H. The van der Waals surface area contributed by atoms with Crippen molar-refractivity contribution in [1.82, 2.24) is 20.4 Å². The van der Waals surface area contributed by atoms with E-state index in [0.29, 0.717) is 18.0 Å². The van der Waals surface area contributed by atoms with Crippen molar-refractivity contribution < 1.29 is 4.79 Å². The van der Waals surface area contributed by atoms with Crippen molar-refractivity contribution in [2.24, 2.45) is 5.92 Å². The van der Waals surface area contributed by atoms with Crippen LogP contribution < -0.4 is 10.6 Å². The smallest absolute Gasteiger partial charge is 0.255 e. The van der Waals surface area contributed by atoms with Gasteiger partial charge >= 0.3 is 0 Å². The molecule has 1 aliphatic heterocycles. The summed E-state index contributed by atoms with van der Waals surface area (Å²) in [6, 6.07) is 18.0. The van der Waals surface area contributed by atoms with E-state index in [-0.39, 0.29) is 18.3 Å². The van der Waals surface area contributed by atoms with Crippen molar-refractivity contribution in [3.8, 4) is 16.9 Å². The lowest BCUT2D eigenvalue weighted by molar-refractivity contribution is 0.0952. The zero-order valence-electron chi connectivity index (χ0n) is 16.6. The number of amides is 1. The van der Waals surface area contributed by atoms with Crippen LogP contribution in [0.4, 0.5) is 0 Å². The SMILES string of the molecule is Cc1ccccc1-c1nn(-c2ccccc2)cc1C(=O)NCCC1CCNC1.Cl. The molecule has 0 radical (unpaired) electrons. The number of benzene rings is 2. The molecule has 0 spiro atoms. The molecule has 29 heavy (non-hydrogen) atoms. The topological polar surface area (TPSA) is 59.0 Å². The van der Waals surface area contributed by atoms with E-state index in [0.717, 1.165) is 42.0 Å². The number of aromatic nitrogens is 2. The van der Waals surface area contributed by atoms with Crippen LogP contribution in [0, 0.1) is 12.8 Å². The number of hydrogen-bond donors (Lipinski definition) is 2. The Morgan fingerprint density at radius 1 is 1.17 bits per heavy atom. The molecule has 0 bridgehead atoms. The Morgan fingerprint density at radius 2 is 1.93 bits per heavy atom. The number of carbonyl (C=O) groups is 1. The number of halogens is 1. The van der Waals surface area contributed by atoms with Crippen LogP contribution in [0.3, 0.4) is 0 Å². The van der Waals surface area contributed by atoms with Gasteiger partial charge in [-0.2, -0.15) is 5.10 Å². The van der Waals surface area contributed by atoms with E-state index < -0.39 is 0 Å². The van der Waals surface area contributed by atoms with Gasteiger partial charge < -0.3 is 10.6 Å². The molecule has 0 aliphatic carbocycles. The first-order valence-corrected chi connectivity index (χ1v) is 9.92. The largest absolute Gasteiger partial charge is 0.352 e. The molecule has 1 unspecified atom stereocenters. The van der Waals surface area contributed by atoms with Crippen molar-refractivity contribution in [3.05, 3.63) is 71.9 Å². The van der Waals surface area contributed by atoms with Crippen molar-refractivity contribution in [2.75, 3.05) is 19.6 Å². The molecule has 2 N–H and O–H groups in total. The Kier molecular flexibility index (Phi) is 7.07. The van der Waals surface area contributed by atoms with Crippen LogP contribution >= 0.6 is 12.4 Å². The number of nitrogens with one attached hydrogen (secondary N) is 2. The average molecular weight is 411 g/mol. The number of rotatable bonds is 6. The molecule has 0 saturated carbocycles. The molecule has 5 nitrogen and oxygen atoms in total. The van der Waals surface area contributed by atoms with Gasteiger partial charge in [0, 0.05) is 18.3 Å². The van der Waals surface area contributed by atoms with Crippen LogP contribution in [0.1, 0.15) is 28.8 Å². The Morgan fingerprint density at radius 3 is 2.66 bits per heavy atom. The van der Waals surface area contributed by atoms with E-state index in [1.807, 2.05) is 67.7 Å². The lowest BCUT2D eigenvalue weighted by atomic mass is 10.0. The van der Waals surface area contributed by atoms with E-state index in [1.54, 1.807) is 4.68 Å². The maximum Gasteiger partial charge on any atom is 0.255 e.